The first kappa shape index (κ1) is 15.0. The second-order valence-corrected chi connectivity index (χ2v) is 3.84. The summed E-state index contributed by atoms with van der Waals surface area (Å²) < 4.78 is 66.5. The standard InChI is InChI=1S/C11H10ClF5O/c12-6-2-4-7-3-1-5-8(18-10(13)14)9(7)11(15,16)17/h1,3,5,10H,2,4,6H2. The fourth-order valence-corrected chi connectivity index (χ4v) is 1.69. The first-order chi connectivity index (χ1) is 8.36. The Kier molecular flexibility index (Phi) is 5.19. The smallest absolute Gasteiger partial charge is 0.420 e. The van der Waals surface area contributed by atoms with E-state index in [9.17, 15) is 22.0 Å². The number of rotatable bonds is 5. The van der Waals surface area contributed by atoms with Gasteiger partial charge in [-0.2, -0.15) is 22.0 Å². The monoisotopic (exact) mass is 288 g/mol. The summed E-state index contributed by atoms with van der Waals surface area (Å²) in [6, 6.07) is 3.35. The van der Waals surface area contributed by atoms with Gasteiger partial charge in [0.2, 0.25) is 0 Å². The van der Waals surface area contributed by atoms with Crippen molar-refractivity contribution in [3.63, 3.8) is 0 Å². The van der Waals surface area contributed by atoms with Crippen molar-refractivity contribution in [2.24, 2.45) is 0 Å². The van der Waals surface area contributed by atoms with E-state index < -0.39 is 24.1 Å². The lowest BCUT2D eigenvalue weighted by atomic mass is 10.0. The van der Waals surface area contributed by atoms with Crippen LogP contribution in [-0.2, 0) is 12.6 Å². The zero-order chi connectivity index (χ0) is 13.8. The van der Waals surface area contributed by atoms with E-state index in [4.69, 9.17) is 11.6 Å². The summed E-state index contributed by atoms with van der Waals surface area (Å²) in [6.07, 6.45) is -4.37. The fraction of sp³-hybridized carbons (Fsp3) is 0.455. The molecule has 1 rings (SSSR count). The SMILES string of the molecule is FC(F)Oc1cccc(CCCCl)c1C(F)(F)F. The molecule has 0 heterocycles. The molecule has 7 heteroatoms. The highest BCUT2D eigenvalue weighted by atomic mass is 35.5. The van der Waals surface area contributed by atoms with E-state index in [2.05, 4.69) is 4.74 Å². The molecule has 18 heavy (non-hydrogen) atoms. The van der Waals surface area contributed by atoms with Gasteiger partial charge in [-0.1, -0.05) is 12.1 Å². The predicted molar refractivity (Wildman–Crippen MR) is 57.1 cm³/mol. The van der Waals surface area contributed by atoms with E-state index in [-0.39, 0.29) is 17.9 Å². The Morgan fingerprint density at radius 3 is 2.39 bits per heavy atom. The van der Waals surface area contributed by atoms with Crippen molar-refractivity contribution in [1.29, 1.82) is 0 Å². The molecule has 1 aromatic carbocycles. The molecule has 0 aromatic heterocycles. The van der Waals surface area contributed by atoms with Crippen LogP contribution in [0, 0.1) is 0 Å². The van der Waals surface area contributed by atoms with Crippen LogP contribution in [0.25, 0.3) is 0 Å². The lowest BCUT2D eigenvalue weighted by Crippen LogP contribution is -2.14. The predicted octanol–water partition coefficient (Wildman–Crippen LogP) is 4.48. The number of alkyl halides is 6. The molecule has 0 aliphatic rings. The highest BCUT2D eigenvalue weighted by Gasteiger charge is 2.37. The zero-order valence-electron chi connectivity index (χ0n) is 9.11. The molecule has 1 nitrogen and oxygen atoms in total. The molecule has 0 atom stereocenters. The molecular formula is C11H10ClF5O. The van der Waals surface area contributed by atoms with Crippen molar-refractivity contribution in [3.05, 3.63) is 29.3 Å². The van der Waals surface area contributed by atoms with E-state index in [1.165, 1.54) is 12.1 Å². The van der Waals surface area contributed by atoms with Crippen molar-refractivity contribution in [3.8, 4) is 5.75 Å². The normalized spacial score (nSPS) is 11.9. The molecule has 0 radical (unpaired) electrons. The summed E-state index contributed by atoms with van der Waals surface area (Å²) >= 11 is 5.41. The number of hydrogen-bond acceptors (Lipinski definition) is 1. The van der Waals surface area contributed by atoms with Gasteiger partial charge in [-0.05, 0) is 24.5 Å². The van der Waals surface area contributed by atoms with Crippen LogP contribution in [0.15, 0.2) is 18.2 Å². The molecule has 102 valence electrons. The number of aryl methyl sites for hydroxylation is 1. The first-order valence-corrected chi connectivity index (χ1v) is 5.59. The average molecular weight is 289 g/mol. The van der Waals surface area contributed by atoms with Crippen molar-refractivity contribution in [2.45, 2.75) is 25.6 Å². The van der Waals surface area contributed by atoms with E-state index in [1.54, 1.807) is 0 Å². The molecule has 0 bridgehead atoms. The van der Waals surface area contributed by atoms with E-state index in [0.29, 0.717) is 6.42 Å². The van der Waals surface area contributed by atoms with Crippen LogP contribution in [0.1, 0.15) is 17.5 Å². The minimum absolute atomic E-state index is 0.0543. The second kappa shape index (κ2) is 6.22. The molecule has 1 aromatic rings. The number of benzene rings is 1. The number of ether oxygens (including phenoxy) is 1. The summed E-state index contributed by atoms with van der Waals surface area (Å²) in [6.45, 7) is -3.30. The Hall–Kier alpha value is -1.04. The zero-order valence-corrected chi connectivity index (χ0v) is 9.86. The van der Waals surface area contributed by atoms with Crippen molar-refractivity contribution < 1.29 is 26.7 Å². The molecule has 0 saturated carbocycles. The van der Waals surface area contributed by atoms with Crippen molar-refractivity contribution >= 4 is 11.6 Å². The maximum atomic E-state index is 12.8. The van der Waals surface area contributed by atoms with Gasteiger partial charge in [-0.3, -0.25) is 0 Å². The third-order valence-corrected chi connectivity index (χ3v) is 2.46. The van der Waals surface area contributed by atoms with Crippen LogP contribution in [0.5, 0.6) is 5.75 Å². The minimum Gasteiger partial charge on any atom is -0.434 e. The molecule has 0 saturated heterocycles. The molecule has 0 spiro atoms. The van der Waals surface area contributed by atoms with Crippen LogP contribution in [0.3, 0.4) is 0 Å². The third kappa shape index (κ3) is 4.01. The molecule has 0 N–H and O–H groups in total. The van der Waals surface area contributed by atoms with Gasteiger partial charge in [0, 0.05) is 5.88 Å². The summed E-state index contributed by atoms with van der Waals surface area (Å²) in [7, 11) is 0. The van der Waals surface area contributed by atoms with Gasteiger partial charge in [0.15, 0.2) is 0 Å². The van der Waals surface area contributed by atoms with Crippen LogP contribution < -0.4 is 4.74 Å². The Morgan fingerprint density at radius 2 is 1.89 bits per heavy atom. The quantitative estimate of drug-likeness (QED) is 0.573. The first-order valence-electron chi connectivity index (χ1n) is 5.06. The topological polar surface area (TPSA) is 9.23 Å². The highest BCUT2D eigenvalue weighted by molar-refractivity contribution is 6.17. The Morgan fingerprint density at radius 1 is 1.22 bits per heavy atom. The number of hydrogen-bond donors (Lipinski definition) is 0. The maximum Gasteiger partial charge on any atom is 0.420 e. The molecule has 0 amide bonds. The third-order valence-electron chi connectivity index (χ3n) is 2.19. The molecule has 0 aliphatic heterocycles. The Balaban J connectivity index is 3.17. The minimum atomic E-state index is -4.74. The molecule has 0 unspecified atom stereocenters. The van der Waals surface area contributed by atoms with Gasteiger partial charge in [-0.25, -0.2) is 0 Å². The van der Waals surface area contributed by atoms with Crippen LogP contribution >= 0.6 is 11.6 Å². The molecule has 0 fully saturated rings. The van der Waals surface area contributed by atoms with Gasteiger partial charge in [0.1, 0.15) is 11.3 Å². The highest BCUT2D eigenvalue weighted by Crippen LogP contribution is 2.39. The van der Waals surface area contributed by atoms with Gasteiger partial charge in [0.25, 0.3) is 0 Å². The summed E-state index contributed by atoms with van der Waals surface area (Å²) in [4.78, 5) is 0. The van der Waals surface area contributed by atoms with Gasteiger partial charge < -0.3 is 4.74 Å². The second-order valence-electron chi connectivity index (χ2n) is 3.46. The molecule has 0 aliphatic carbocycles. The Bertz CT molecular complexity index is 392. The molecular weight excluding hydrogens is 279 g/mol. The summed E-state index contributed by atoms with van der Waals surface area (Å²) in [5, 5.41) is 0. The lowest BCUT2D eigenvalue weighted by Gasteiger charge is -2.17. The van der Waals surface area contributed by atoms with Crippen molar-refractivity contribution in [1.82, 2.24) is 0 Å². The summed E-state index contributed by atoms with van der Waals surface area (Å²) in [5.74, 6) is -0.665. The largest absolute Gasteiger partial charge is 0.434 e. The number of halogens is 6. The Labute approximate surface area is 106 Å². The van der Waals surface area contributed by atoms with Crippen LogP contribution in [0.4, 0.5) is 22.0 Å². The van der Waals surface area contributed by atoms with Crippen LogP contribution in [0.2, 0.25) is 0 Å². The van der Waals surface area contributed by atoms with E-state index in [0.717, 1.165) is 6.07 Å². The van der Waals surface area contributed by atoms with Gasteiger partial charge >= 0.3 is 12.8 Å². The van der Waals surface area contributed by atoms with Crippen LogP contribution in [-0.4, -0.2) is 12.5 Å². The summed E-state index contributed by atoms with van der Waals surface area (Å²) in [5.41, 5.74) is -1.25. The van der Waals surface area contributed by atoms with E-state index >= 15 is 0 Å². The van der Waals surface area contributed by atoms with E-state index in [1.807, 2.05) is 0 Å². The average Bonchev–Trinajstić information content (AvgIpc) is 2.23. The van der Waals surface area contributed by atoms with Gasteiger partial charge in [0.05, 0.1) is 0 Å². The van der Waals surface area contributed by atoms with Gasteiger partial charge in [-0.15, -0.1) is 11.6 Å². The fourth-order valence-electron chi connectivity index (χ4n) is 1.56. The van der Waals surface area contributed by atoms with Crippen molar-refractivity contribution in [2.75, 3.05) is 5.88 Å². The lowest BCUT2D eigenvalue weighted by molar-refractivity contribution is -0.142. The maximum absolute atomic E-state index is 12.8.